The maximum atomic E-state index is 11.2. The van der Waals surface area contributed by atoms with Crippen molar-refractivity contribution in [2.75, 3.05) is 13.2 Å². The first-order valence-corrected chi connectivity index (χ1v) is 5.10. The molecule has 2 atom stereocenters. The lowest BCUT2D eigenvalue weighted by atomic mass is 10.1. The Balaban J connectivity index is 4.00. The molecule has 0 fully saturated rings. The first-order valence-electron chi connectivity index (χ1n) is 5.10. The van der Waals surface area contributed by atoms with E-state index in [9.17, 15) is 19.8 Å². The molecule has 96 valence electrons. The zero-order valence-electron chi connectivity index (χ0n) is 10.1. The first kappa shape index (κ1) is 15.7. The van der Waals surface area contributed by atoms with Gasteiger partial charge >= 0.3 is 0 Å². The molecular weight excluding hydrogens is 224 g/mol. The normalized spacial score (nSPS) is 13.9. The molecule has 0 aliphatic rings. The zero-order valence-corrected chi connectivity index (χ0v) is 10.1. The van der Waals surface area contributed by atoms with Crippen LogP contribution in [0.4, 0.5) is 0 Å². The minimum atomic E-state index is -1.32. The Morgan fingerprint density at radius 2 is 1.29 bits per heavy atom. The number of ketones is 2. The summed E-state index contributed by atoms with van der Waals surface area (Å²) in [5.74, 6) is -1.04. The summed E-state index contributed by atoms with van der Waals surface area (Å²) in [7, 11) is 0. The molecule has 17 heavy (non-hydrogen) atoms. The monoisotopic (exact) mass is 242 g/mol. The molecule has 0 aromatic rings. The van der Waals surface area contributed by atoms with Gasteiger partial charge in [-0.15, -0.1) is 0 Å². The number of ether oxygens (including phenoxy) is 1. The van der Waals surface area contributed by atoms with E-state index in [1.807, 2.05) is 0 Å². The van der Waals surface area contributed by atoms with Gasteiger partial charge in [-0.05, 0) is 25.0 Å². The summed E-state index contributed by atoms with van der Waals surface area (Å²) in [6.45, 7) is 9.16. The van der Waals surface area contributed by atoms with Crippen LogP contribution in [-0.2, 0) is 14.3 Å². The number of hydrogen-bond acceptors (Lipinski definition) is 5. The molecule has 0 radical (unpaired) electrons. The number of aliphatic hydroxyl groups is 2. The van der Waals surface area contributed by atoms with E-state index in [-0.39, 0.29) is 24.4 Å². The Morgan fingerprint density at radius 3 is 1.53 bits per heavy atom. The van der Waals surface area contributed by atoms with Crippen molar-refractivity contribution in [2.45, 2.75) is 26.1 Å². The van der Waals surface area contributed by atoms with Gasteiger partial charge in [0, 0.05) is 0 Å². The van der Waals surface area contributed by atoms with Gasteiger partial charge in [-0.25, -0.2) is 0 Å². The molecule has 0 saturated carbocycles. The molecule has 0 saturated heterocycles. The van der Waals surface area contributed by atoms with Gasteiger partial charge in [-0.3, -0.25) is 9.59 Å². The maximum Gasteiger partial charge on any atom is 0.188 e. The molecule has 2 unspecified atom stereocenters. The van der Waals surface area contributed by atoms with Gasteiger partial charge in [0.15, 0.2) is 11.6 Å². The van der Waals surface area contributed by atoms with Crippen molar-refractivity contribution in [3.05, 3.63) is 24.3 Å². The zero-order chi connectivity index (χ0) is 13.6. The third-order valence-electron chi connectivity index (χ3n) is 2.00. The van der Waals surface area contributed by atoms with Crippen LogP contribution in [0.15, 0.2) is 24.3 Å². The molecular formula is C12H18O5. The van der Waals surface area contributed by atoms with E-state index in [2.05, 4.69) is 13.2 Å². The molecule has 0 spiro atoms. The average molecular weight is 242 g/mol. The average Bonchev–Trinajstić information content (AvgIpc) is 2.26. The topological polar surface area (TPSA) is 83.8 Å². The fourth-order valence-corrected chi connectivity index (χ4v) is 1.01. The second-order valence-corrected chi connectivity index (χ2v) is 3.86. The summed E-state index contributed by atoms with van der Waals surface area (Å²) in [6, 6.07) is 0. The van der Waals surface area contributed by atoms with E-state index in [1.165, 1.54) is 13.8 Å². The van der Waals surface area contributed by atoms with E-state index >= 15 is 0 Å². The number of Topliss-reactive ketones (excluding diaryl/α,β-unsaturated/α-hetero) is 2. The van der Waals surface area contributed by atoms with Crippen LogP contribution >= 0.6 is 0 Å². The van der Waals surface area contributed by atoms with Crippen molar-refractivity contribution in [3.63, 3.8) is 0 Å². The van der Waals surface area contributed by atoms with Crippen LogP contribution in [0.1, 0.15) is 13.8 Å². The van der Waals surface area contributed by atoms with Crippen LogP contribution in [0.5, 0.6) is 0 Å². The van der Waals surface area contributed by atoms with Gasteiger partial charge in [0.2, 0.25) is 0 Å². The first-order chi connectivity index (χ1) is 7.77. The van der Waals surface area contributed by atoms with Gasteiger partial charge in [0.05, 0.1) is 13.2 Å². The standard InChI is InChI=1S/C12H18O5/c1-7(2)11(15)9(13)5-17-6-10(14)12(16)8(3)4/h9-10,13-14H,1,3,5-6H2,2,4H3. The highest BCUT2D eigenvalue weighted by atomic mass is 16.5. The minimum Gasteiger partial charge on any atom is -0.383 e. The third kappa shape index (κ3) is 5.53. The molecule has 0 amide bonds. The summed E-state index contributed by atoms with van der Waals surface area (Å²) in [5.41, 5.74) is 0.444. The summed E-state index contributed by atoms with van der Waals surface area (Å²) < 4.78 is 4.88. The van der Waals surface area contributed by atoms with Gasteiger partial charge < -0.3 is 14.9 Å². The number of hydrogen-bond donors (Lipinski definition) is 2. The highest BCUT2D eigenvalue weighted by Gasteiger charge is 2.19. The summed E-state index contributed by atoms with van der Waals surface area (Å²) in [6.07, 6.45) is -2.64. The fraction of sp³-hybridized carbons (Fsp3) is 0.500. The van der Waals surface area contributed by atoms with Crippen LogP contribution in [0.3, 0.4) is 0 Å². The minimum absolute atomic E-state index is 0.222. The Hall–Kier alpha value is -1.30. The Kier molecular flexibility index (Phi) is 6.57. The lowest BCUT2D eigenvalue weighted by Gasteiger charge is -2.13. The van der Waals surface area contributed by atoms with E-state index in [0.717, 1.165) is 0 Å². The molecule has 0 bridgehead atoms. The predicted octanol–water partition coefficient (Wildman–Crippen LogP) is 0.0152. The Morgan fingerprint density at radius 1 is 1.00 bits per heavy atom. The van der Waals surface area contributed by atoms with Crippen LogP contribution in [-0.4, -0.2) is 47.2 Å². The second kappa shape index (κ2) is 7.11. The van der Waals surface area contributed by atoms with Crippen LogP contribution < -0.4 is 0 Å². The number of carbonyl (C=O) groups excluding carboxylic acids is 2. The number of aliphatic hydroxyl groups excluding tert-OH is 2. The largest absolute Gasteiger partial charge is 0.383 e. The molecule has 2 N–H and O–H groups in total. The highest BCUT2D eigenvalue weighted by molar-refractivity contribution is 5.98. The molecule has 0 aliphatic heterocycles. The van der Waals surface area contributed by atoms with E-state index in [1.54, 1.807) is 0 Å². The number of rotatable bonds is 8. The van der Waals surface area contributed by atoms with E-state index < -0.39 is 23.8 Å². The summed E-state index contributed by atoms with van der Waals surface area (Å²) >= 11 is 0. The molecule has 5 nitrogen and oxygen atoms in total. The predicted molar refractivity (Wildman–Crippen MR) is 62.5 cm³/mol. The van der Waals surface area contributed by atoms with Crippen molar-refractivity contribution in [2.24, 2.45) is 0 Å². The number of carbonyl (C=O) groups is 2. The third-order valence-corrected chi connectivity index (χ3v) is 2.00. The van der Waals surface area contributed by atoms with Crippen molar-refractivity contribution in [1.82, 2.24) is 0 Å². The molecule has 0 aromatic carbocycles. The fourth-order valence-electron chi connectivity index (χ4n) is 1.01. The molecule has 0 rings (SSSR count). The maximum absolute atomic E-state index is 11.2. The van der Waals surface area contributed by atoms with Crippen LogP contribution in [0.2, 0.25) is 0 Å². The van der Waals surface area contributed by atoms with Gasteiger partial charge in [0.25, 0.3) is 0 Å². The smallest absolute Gasteiger partial charge is 0.188 e. The highest BCUT2D eigenvalue weighted by Crippen LogP contribution is 2.00. The van der Waals surface area contributed by atoms with Crippen LogP contribution in [0.25, 0.3) is 0 Å². The summed E-state index contributed by atoms with van der Waals surface area (Å²) in [5, 5.41) is 18.7. The SMILES string of the molecule is C=C(C)C(=O)C(O)COCC(O)C(=O)C(=C)C. The quantitative estimate of drug-likeness (QED) is 0.586. The van der Waals surface area contributed by atoms with Crippen molar-refractivity contribution < 1.29 is 24.5 Å². The van der Waals surface area contributed by atoms with Crippen molar-refractivity contribution >= 4 is 11.6 Å². The van der Waals surface area contributed by atoms with Crippen molar-refractivity contribution in [1.29, 1.82) is 0 Å². The van der Waals surface area contributed by atoms with Crippen LogP contribution in [0, 0.1) is 0 Å². The molecule has 0 aromatic heterocycles. The Bertz CT molecular complexity index is 300. The van der Waals surface area contributed by atoms with Gasteiger partial charge in [0.1, 0.15) is 12.2 Å². The van der Waals surface area contributed by atoms with E-state index in [0.29, 0.717) is 0 Å². The summed E-state index contributed by atoms with van der Waals surface area (Å²) in [4.78, 5) is 22.4. The van der Waals surface area contributed by atoms with Gasteiger partial charge in [-0.2, -0.15) is 0 Å². The second-order valence-electron chi connectivity index (χ2n) is 3.86. The molecule has 0 aliphatic carbocycles. The lowest BCUT2D eigenvalue weighted by molar-refractivity contribution is -0.130. The van der Waals surface area contributed by atoms with Crippen molar-refractivity contribution in [3.8, 4) is 0 Å². The molecule has 0 heterocycles. The van der Waals surface area contributed by atoms with E-state index in [4.69, 9.17) is 4.74 Å². The Labute approximate surface area is 100 Å². The molecule has 5 heteroatoms. The lowest BCUT2D eigenvalue weighted by Crippen LogP contribution is -2.31. The van der Waals surface area contributed by atoms with Gasteiger partial charge in [-0.1, -0.05) is 13.2 Å².